The van der Waals surface area contributed by atoms with Gasteiger partial charge in [0.25, 0.3) is 8.32 Å². The molecule has 2 aromatic carbocycles. The Balaban J connectivity index is 1.98. The van der Waals surface area contributed by atoms with Crippen LogP contribution in [0.3, 0.4) is 0 Å². The molecule has 3 rings (SSSR count). The maximum absolute atomic E-state index is 14.7. The molecular formula is C32H41FN2O5SSi. The maximum atomic E-state index is 14.7. The van der Waals surface area contributed by atoms with Crippen molar-refractivity contribution in [3.8, 4) is 0 Å². The molecule has 1 amide bonds. The molecule has 0 unspecified atom stereocenters. The van der Waals surface area contributed by atoms with E-state index in [0.717, 1.165) is 15.1 Å². The number of nitrogens with zero attached hydrogens (tertiary/aromatic N) is 1. The molecule has 0 aliphatic carbocycles. The van der Waals surface area contributed by atoms with E-state index in [9.17, 15) is 14.0 Å². The standard InChI is InChI=1S/C32H41FN2O5SSi/c1-31(2,3)39-30(37)34-27(24(22-33)21-29(36)40-35-20-14-13-19-28(35)41)23-38-42(32(4,5)6,25-15-9-7-10-16-25)26-17-11-8-12-18-26/h7-20,24,27H,21-23H2,1-6H3,(H,34,37)/t24-,27-/m1/s1. The number of rotatable bonds is 11. The molecule has 0 saturated heterocycles. The Kier molecular flexibility index (Phi) is 11.2. The lowest BCUT2D eigenvalue weighted by Gasteiger charge is -2.44. The highest BCUT2D eigenvalue weighted by Crippen LogP contribution is 2.37. The number of amides is 1. The number of alkyl halides is 1. The lowest BCUT2D eigenvalue weighted by Crippen LogP contribution is -2.67. The van der Waals surface area contributed by atoms with E-state index in [-0.39, 0.29) is 18.1 Å². The highest BCUT2D eigenvalue weighted by molar-refractivity contribution is 7.71. The molecule has 0 saturated carbocycles. The summed E-state index contributed by atoms with van der Waals surface area (Å²) in [5.74, 6) is -1.65. The van der Waals surface area contributed by atoms with E-state index in [4.69, 9.17) is 26.2 Å². The van der Waals surface area contributed by atoms with Crippen LogP contribution in [0.5, 0.6) is 0 Å². The molecule has 0 fully saturated rings. The molecular weight excluding hydrogens is 572 g/mol. The summed E-state index contributed by atoms with van der Waals surface area (Å²) in [5.41, 5.74) is -0.776. The molecule has 10 heteroatoms. The number of nitrogens with one attached hydrogen (secondary N) is 1. The summed E-state index contributed by atoms with van der Waals surface area (Å²) in [6.45, 7) is 10.7. The van der Waals surface area contributed by atoms with Crippen LogP contribution in [0.1, 0.15) is 48.0 Å². The third kappa shape index (κ3) is 8.59. The van der Waals surface area contributed by atoms with Crippen molar-refractivity contribution in [2.24, 2.45) is 5.92 Å². The molecule has 1 heterocycles. The molecule has 0 radical (unpaired) electrons. The monoisotopic (exact) mass is 612 g/mol. The van der Waals surface area contributed by atoms with E-state index in [0.29, 0.717) is 4.64 Å². The summed E-state index contributed by atoms with van der Waals surface area (Å²) >= 11 is 5.20. The second-order valence-electron chi connectivity index (χ2n) is 12.2. The Morgan fingerprint density at radius 3 is 1.93 bits per heavy atom. The molecule has 3 aromatic rings. The molecule has 226 valence electrons. The number of alkyl carbamates (subject to hydrolysis) is 1. The van der Waals surface area contributed by atoms with Crippen molar-refractivity contribution >= 4 is 43.0 Å². The fourth-order valence-electron chi connectivity index (χ4n) is 4.88. The van der Waals surface area contributed by atoms with E-state index in [1.165, 1.54) is 6.20 Å². The number of ether oxygens (including phenoxy) is 1. The Morgan fingerprint density at radius 2 is 1.45 bits per heavy atom. The van der Waals surface area contributed by atoms with Crippen LogP contribution >= 0.6 is 12.2 Å². The fraction of sp³-hybridized carbons (Fsp3) is 0.406. The number of aromatic nitrogens is 1. The summed E-state index contributed by atoms with van der Waals surface area (Å²) in [5, 5.41) is 4.52. The van der Waals surface area contributed by atoms with Gasteiger partial charge in [0.05, 0.1) is 25.7 Å². The number of carbonyl (C=O) groups is 2. The number of hydrogen-bond donors (Lipinski definition) is 1. The summed E-state index contributed by atoms with van der Waals surface area (Å²) < 4.78 is 28.6. The Hall–Kier alpha value is -3.34. The van der Waals surface area contributed by atoms with Crippen molar-refractivity contribution in [2.45, 2.75) is 64.6 Å². The van der Waals surface area contributed by atoms with Crippen LogP contribution < -0.4 is 20.5 Å². The third-order valence-corrected chi connectivity index (χ3v) is 12.1. The van der Waals surface area contributed by atoms with Crippen LogP contribution in [0.25, 0.3) is 0 Å². The van der Waals surface area contributed by atoms with E-state index in [1.807, 2.05) is 60.7 Å². The van der Waals surface area contributed by atoms with Crippen molar-refractivity contribution < 1.29 is 28.0 Å². The number of hydrogen-bond acceptors (Lipinski definition) is 6. The topological polar surface area (TPSA) is 78.8 Å². The van der Waals surface area contributed by atoms with Crippen LogP contribution in [-0.4, -0.2) is 50.0 Å². The SMILES string of the molecule is CC(C)(C)OC(=O)N[C@H](CO[Si](c1ccccc1)(c1ccccc1)C(C)(C)C)[C@@H](CF)CC(=O)On1ccccc1=S. The second kappa shape index (κ2) is 14.2. The molecule has 1 aromatic heterocycles. The Labute approximate surface area is 254 Å². The molecule has 42 heavy (non-hydrogen) atoms. The van der Waals surface area contributed by atoms with Gasteiger partial charge in [0.15, 0.2) is 0 Å². The molecule has 0 spiro atoms. The van der Waals surface area contributed by atoms with Crippen molar-refractivity contribution in [1.82, 2.24) is 10.0 Å². The summed E-state index contributed by atoms with van der Waals surface area (Å²) in [6, 6.07) is 24.1. The van der Waals surface area contributed by atoms with Gasteiger partial charge in [-0.25, -0.2) is 9.59 Å². The van der Waals surface area contributed by atoms with Crippen LogP contribution in [0.2, 0.25) is 5.04 Å². The Bertz CT molecular complexity index is 1330. The van der Waals surface area contributed by atoms with Gasteiger partial charge in [-0.3, -0.25) is 4.39 Å². The first-order valence-electron chi connectivity index (χ1n) is 14.0. The zero-order valence-electron chi connectivity index (χ0n) is 25.1. The average molecular weight is 613 g/mol. The van der Waals surface area contributed by atoms with Gasteiger partial charge >= 0.3 is 12.1 Å². The number of carbonyl (C=O) groups excluding carboxylic acids is 2. The molecule has 2 atom stereocenters. The third-order valence-electron chi connectivity index (χ3n) is 6.78. The second-order valence-corrected chi connectivity index (χ2v) is 16.9. The van der Waals surface area contributed by atoms with Crippen LogP contribution in [-0.2, 0) is 14.0 Å². The molecule has 0 aliphatic heterocycles. The van der Waals surface area contributed by atoms with Gasteiger partial charge in [0.1, 0.15) is 10.2 Å². The lowest BCUT2D eigenvalue weighted by atomic mass is 9.98. The van der Waals surface area contributed by atoms with Crippen molar-refractivity contribution in [1.29, 1.82) is 0 Å². The smallest absolute Gasteiger partial charge is 0.407 e. The summed E-state index contributed by atoms with van der Waals surface area (Å²) in [4.78, 5) is 31.2. The van der Waals surface area contributed by atoms with Crippen molar-refractivity contribution in [3.63, 3.8) is 0 Å². The minimum atomic E-state index is -3.03. The first kappa shape index (κ1) is 33.2. The fourth-order valence-corrected chi connectivity index (χ4v) is 9.65. The van der Waals surface area contributed by atoms with Crippen molar-refractivity contribution in [3.05, 3.63) is 89.7 Å². The zero-order chi connectivity index (χ0) is 31.0. The maximum Gasteiger partial charge on any atom is 0.407 e. The predicted octanol–water partition coefficient (Wildman–Crippen LogP) is 5.62. The summed E-state index contributed by atoms with van der Waals surface area (Å²) in [6.07, 6.45) is 0.459. The molecule has 1 N–H and O–H groups in total. The van der Waals surface area contributed by atoms with Crippen LogP contribution in [0.4, 0.5) is 9.18 Å². The summed E-state index contributed by atoms with van der Waals surface area (Å²) in [7, 11) is -3.03. The minimum Gasteiger partial charge on any atom is -0.444 e. The quantitative estimate of drug-likeness (QED) is 0.224. The van der Waals surface area contributed by atoms with Gasteiger partial charge in [0.2, 0.25) is 0 Å². The molecule has 0 bridgehead atoms. The van der Waals surface area contributed by atoms with Gasteiger partial charge in [-0.15, -0.1) is 0 Å². The highest BCUT2D eigenvalue weighted by Gasteiger charge is 2.50. The largest absolute Gasteiger partial charge is 0.444 e. The number of benzene rings is 2. The van der Waals surface area contributed by atoms with Gasteiger partial charge in [-0.1, -0.05) is 99.7 Å². The normalized spacial score (nSPS) is 13.6. The van der Waals surface area contributed by atoms with Gasteiger partial charge in [0, 0.05) is 12.1 Å². The average Bonchev–Trinajstić information content (AvgIpc) is 2.92. The van der Waals surface area contributed by atoms with Crippen molar-refractivity contribution in [2.75, 3.05) is 13.3 Å². The minimum absolute atomic E-state index is 0.0564. The van der Waals surface area contributed by atoms with E-state index < -0.39 is 44.6 Å². The predicted molar refractivity (Wildman–Crippen MR) is 168 cm³/mol. The molecule has 7 nitrogen and oxygen atoms in total. The first-order chi connectivity index (χ1) is 19.8. The van der Waals surface area contributed by atoms with E-state index in [1.54, 1.807) is 39.0 Å². The number of halogens is 1. The van der Waals surface area contributed by atoms with Crippen LogP contribution in [0, 0.1) is 10.6 Å². The first-order valence-corrected chi connectivity index (χ1v) is 16.3. The van der Waals surface area contributed by atoms with Gasteiger partial charge in [-0.05, 0) is 48.3 Å². The number of pyridine rings is 1. The van der Waals surface area contributed by atoms with E-state index in [2.05, 4.69) is 26.1 Å². The van der Waals surface area contributed by atoms with Gasteiger partial charge < -0.3 is 19.3 Å². The van der Waals surface area contributed by atoms with E-state index >= 15 is 0 Å². The van der Waals surface area contributed by atoms with Crippen LogP contribution in [0.15, 0.2) is 85.1 Å². The Morgan fingerprint density at radius 1 is 0.905 bits per heavy atom. The molecule has 0 aliphatic rings. The van der Waals surface area contributed by atoms with Gasteiger partial charge in [-0.2, -0.15) is 4.73 Å². The zero-order valence-corrected chi connectivity index (χ0v) is 27.0. The lowest BCUT2D eigenvalue weighted by molar-refractivity contribution is -0.146. The highest BCUT2D eigenvalue weighted by atomic mass is 32.1.